The second-order valence-corrected chi connectivity index (χ2v) is 5.34. The summed E-state index contributed by atoms with van der Waals surface area (Å²) in [6.45, 7) is 0.0385. The van der Waals surface area contributed by atoms with Gasteiger partial charge in [0.1, 0.15) is 6.61 Å². The summed E-state index contributed by atoms with van der Waals surface area (Å²) in [4.78, 5) is 15.2. The van der Waals surface area contributed by atoms with Crippen molar-refractivity contribution in [2.45, 2.75) is 6.61 Å². The highest BCUT2D eigenvalue weighted by Gasteiger charge is 2.14. The molecule has 0 radical (unpaired) electrons. The Morgan fingerprint density at radius 1 is 1.05 bits per heavy atom. The number of H-pyrrole nitrogens is 1. The van der Waals surface area contributed by atoms with Gasteiger partial charge >= 0.3 is 5.97 Å². The molecule has 0 amide bonds. The van der Waals surface area contributed by atoms with E-state index in [0.717, 1.165) is 10.9 Å². The summed E-state index contributed by atoms with van der Waals surface area (Å²) >= 11 is 12.1. The molecule has 0 saturated carbocycles. The lowest BCUT2D eigenvalue weighted by atomic mass is 10.2. The average Bonchev–Trinajstić information content (AvgIpc) is 2.90. The molecule has 0 saturated heterocycles. The van der Waals surface area contributed by atoms with Gasteiger partial charge in [-0.25, -0.2) is 4.79 Å². The molecule has 3 nitrogen and oxygen atoms in total. The molecule has 0 bridgehead atoms. The van der Waals surface area contributed by atoms with E-state index in [-0.39, 0.29) is 6.61 Å². The molecule has 0 aliphatic heterocycles. The lowest BCUT2D eigenvalue weighted by Crippen LogP contribution is -2.05. The Hall–Kier alpha value is -1.97. The van der Waals surface area contributed by atoms with Crippen LogP contribution in [0.4, 0.5) is 0 Å². The van der Waals surface area contributed by atoms with Gasteiger partial charge in [0.05, 0.1) is 5.56 Å². The van der Waals surface area contributed by atoms with Crippen molar-refractivity contribution in [3.05, 3.63) is 69.8 Å². The maximum Gasteiger partial charge on any atom is 0.340 e. The molecule has 3 aromatic rings. The maximum atomic E-state index is 12.2. The number of aromatic amines is 1. The van der Waals surface area contributed by atoms with Crippen LogP contribution < -0.4 is 0 Å². The number of ether oxygens (including phenoxy) is 1. The number of benzene rings is 2. The molecule has 0 spiro atoms. The van der Waals surface area contributed by atoms with Gasteiger partial charge < -0.3 is 9.72 Å². The van der Waals surface area contributed by atoms with Gasteiger partial charge in [0.25, 0.3) is 0 Å². The van der Waals surface area contributed by atoms with Crippen LogP contribution in [0.2, 0.25) is 10.0 Å². The Kier molecular flexibility index (Phi) is 3.86. The quantitative estimate of drug-likeness (QED) is 0.702. The molecule has 0 fully saturated rings. The van der Waals surface area contributed by atoms with Gasteiger partial charge in [0.15, 0.2) is 0 Å². The molecule has 0 aliphatic carbocycles. The van der Waals surface area contributed by atoms with E-state index in [9.17, 15) is 4.79 Å². The summed E-state index contributed by atoms with van der Waals surface area (Å²) in [6, 6.07) is 12.7. The molecular weight excluding hydrogens is 309 g/mol. The van der Waals surface area contributed by atoms with Crippen molar-refractivity contribution in [1.82, 2.24) is 4.98 Å². The first-order chi connectivity index (χ1) is 10.2. The van der Waals surface area contributed by atoms with E-state index in [1.807, 2.05) is 24.3 Å². The monoisotopic (exact) mass is 319 g/mol. The number of rotatable bonds is 3. The van der Waals surface area contributed by atoms with Crippen LogP contribution in [-0.2, 0) is 11.3 Å². The van der Waals surface area contributed by atoms with Crippen LogP contribution in [-0.4, -0.2) is 11.0 Å². The summed E-state index contributed by atoms with van der Waals surface area (Å²) in [6.07, 6.45) is 1.64. The third kappa shape index (κ3) is 2.75. The van der Waals surface area contributed by atoms with E-state index in [1.54, 1.807) is 24.4 Å². The Balaban J connectivity index is 1.81. The highest BCUT2D eigenvalue weighted by atomic mass is 35.5. The van der Waals surface area contributed by atoms with Crippen molar-refractivity contribution in [2.75, 3.05) is 0 Å². The van der Waals surface area contributed by atoms with Gasteiger partial charge in [0.2, 0.25) is 0 Å². The fraction of sp³-hybridized carbons (Fsp3) is 0.0625. The molecular formula is C16H11Cl2NO2. The number of carbonyl (C=O) groups is 1. The van der Waals surface area contributed by atoms with Crippen molar-refractivity contribution in [1.29, 1.82) is 0 Å². The minimum absolute atomic E-state index is 0.0385. The highest BCUT2D eigenvalue weighted by Crippen LogP contribution is 2.26. The van der Waals surface area contributed by atoms with E-state index in [2.05, 4.69) is 4.98 Å². The number of halogens is 2. The molecule has 21 heavy (non-hydrogen) atoms. The number of fused-ring (bicyclic) bond motifs is 1. The van der Waals surface area contributed by atoms with Gasteiger partial charge in [-0.3, -0.25) is 0 Å². The second-order valence-electron chi connectivity index (χ2n) is 4.52. The number of aromatic nitrogens is 1. The number of nitrogens with one attached hydrogen (secondary N) is 1. The normalized spacial score (nSPS) is 10.8. The Morgan fingerprint density at radius 3 is 2.52 bits per heavy atom. The lowest BCUT2D eigenvalue weighted by Gasteiger charge is -2.07. The average molecular weight is 320 g/mol. The minimum Gasteiger partial charge on any atom is -0.457 e. The first kappa shape index (κ1) is 14.0. The Labute approximate surface area is 131 Å². The molecule has 1 aromatic heterocycles. The van der Waals surface area contributed by atoms with Crippen molar-refractivity contribution in [2.24, 2.45) is 0 Å². The van der Waals surface area contributed by atoms with Gasteiger partial charge in [-0.05, 0) is 18.2 Å². The second kappa shape index (κ2) is 5.80. The first-order valence-corrected chi connectivity index (χ1v) is 7.08. The molecule has 1 heterocycles. The standard InChI is InChI=1S/C16H11Cl2NO2/c17-13-5-3-6-14(18)12(13)9-21-16(20)11-8-19-15-7-2-1-4-10(11)15/h1-8,19H,9H2. The van der Waals surface area contributed by atoms with E-state index in [1.165, 1.54) is 0 Å². The van der Waals surface area contributed by atoms with Crippen LogP contribution in [0.3, 0.4) is 0 Å². The zero-order valence-electron chi connectivity index (χ0n) is 10.9. The summed E-state index contributed by atoms with van der Waals surface area (Å²) in [7, 11) is 0. The topological polar surface area (TPSA) is 42.1 Å². The lowest BCUT2D eigenvalue weighted by molar-refractivity contribution is 0.0475. The van der Waals surface area contributed by atoms with Gasteiger partial charge in [-0.15, -0.1) is 0 Å². The van der Waals surface area contributed by atoms with Crippen molar-refractivity contribution in [3.8, 4) is 0 Å². The molecule has 1 N–H and O–H groups in total. The van der Waals surface area contributed by atoms with Crippen molar-refractivity contribution < 1.29 is 9.53 Å². The summed E-state index contributed by atoms with van der Waals surface area (Å²) in [5.41, 5.74) is 1.99. The van der Waals surface area contributed by atoms with Crippen LogP contribution in [0, 0.1) is 0 Å². The van der Waals surface area contributed by atoms with Crippen LogP contribution in [0.5, 0.6) is 0 Å². The van der Waals surface area contributed by atoms with Gasteiger partial charge in [-0.2, -0.15) is 0 Å². The fourth-order valence-corrected chi connectivity index (χ4v) is 2.63. The smallest absolute Gasteiger partial charge is 0.340 e. The molecule has 0 aliphatic rings. The van der Waals surface area contributed by atoms with Crippen molar-refractivity contribution in [3.63, 3.8) is 0 Å². The third-order valence-electron chi connectivity index (χ3n) is 3.22. The number of hydrogen-bond acceptors (Lipinski definition) is 2. The Morgan fingerprint density at radius 2 is 1.76 bits per heavy atom. The van der Waals surface area contributed by atoms with E-state index < -0.39 is 5.97 Å². The molecule has 0 atom stereocenters. The van der Waals surface area contributed by atoms with E-state index >= 15 is 0 Å². The SMILES string of the molecule is O=C(OCc1c(Cl)cccc1Cl)c1c[nH]c2ccccc12. The van der Waals surface area contributed by atoms with Gasteiger partial charge in [0, 0.05) is 32.7 Å². The fourth-order valence-electron chi connectivity index (χ4n) is 2.13. The van der Waals surface area contributed by atoms with Crippen LogP contribution in [0.1, 0.15) is 15.9 Å². The summed E-state index contributed by atoms with van der Waals surface area (Å²) in [5.74, 6) is -0.413. The minimum atomic E-state index is -0.413. The number of hydrogen-bond donors (Lipinski definition) is 1. The number of para-hydroxylation sites is 1. The predicted octanol–water partition coefficient (Wildman–Crippen LogP) is 4.83. The van der Waals surface area contributed by atoms with Gasteiger partial charge in [-0.1, -0.05) is 47.5 Å². The van der Waals surface area contributed by atoms with Crippen LogP contribution >= 0.6 is 23.2 Å². The molecule has 0 unspecified atom stereocenters. The molecule has 3 rings (SSSR count). The molecule has 5 heteroatoms. The highest BCUT2D eigenvalue weighted by molar-refractivity contribution is 6.35. The zero-order valence-corrected chi connectivity index (χ0v) is 12.4. The predicted molar refractivity (Wildman–Crippen MR) is 83.9 cm³/mol. The summed E-state index contributed by atoms with van der Waals surface area (Å²) < 4.78 is 5.31. The molecule has 2 aromatic carbocycles. The van der Waals surface area contributed by atoms with Crippen LogP contribution in [0.15, 0.2) is 48.7 Å². The third-order valence-corrected chi connectivity index (χ3v) is 3.93. The van der Waals surface area contributed by atoms with Crippen molar-refractivity contribution >= 4 is 40.1 Å². The van der Waals surface area contributed by atoms with Crippen LogP contribution in [0.25, 0.3) is 10.9 Å². The zero-order chi connectivity index (χ0) is 14.8. The largest absolute Gasteiger partial charge is 0.457 e. The van der Waals surface area contributed by atoms with E-state index in [4.69, 9.17) is 27.9 Å². The number of carbonyl (C=O) groups excluding carboxylic acids is 1. The maximum absolute atomic E-state index is 12.2. The first-order valence-electron chi connectivity index (χ1n) is 6.33. The summed E-state index contributed by atoms with van der Waals surface area (Å²) in [5, 5.41) is 1.79. The molecule has 106 valence electrons. The Bertz CT molecular complexity index is 791. The number of esters is 1. The van der Waals surface area contributed by atoms with E-state index in [0.29, 0.717) is 21.2 Å².